The molecule has 0 unspecified atom stereocenters. The number of hydrogen-bond acceptors (Lipinski definition) is 5. The van der Waals surface area contributed by atoms with Crippen LogP contribution in [0.5, 0.6) is 0 Å². The van der Waals surface area contributed by atoms with E-state index in [4.69, 9.17) is 0 Å². The number of nitrogens with zero attached hydrogens (tertiary/aromatic N) is 3. The van der Waals surface area contributed by atoms with Gasteiger partial charge in [-0.25, -0.2) is 8.42 Å². The minimum atomic E-state index is -4.59. The first-order valence-electron chi connectivity index (χ1n) is 7.58. The van der Waals surface area contributed by atoms with Gasteiger partial charge in [-0.1, -0.05) is 18.2 Å². The van der Waals surface area contributed by atoms with E-state index < -0.39 is 20.5 Å². The number of hydrogen-bond donors (Lipinski definition) is 0. The molecule has 136 valence electrons. The normalized spacial score (nSPS) is 11.9. The summed E-state index contributed by atoms with van der Waals surface area (Å²) >= 11 is 1.27. The van der Waals surface area contributed by atoms with Crippen molar-refractivity contribution in [1.29, 1.82) is 0 Å². The Kier molecular flexibility index (Phi) is 5.10. The molecule has 0 saturated carbocycles. The summed E-state index contributed by atoms with van der Waals surface area (Å²) in [5.41, 5.74) is 1.99. The summed E-state index contributed by atoms with van der Waals surface area (Å²) in [6.07, 6.45) is 0. The van der Waals surface area contributed by atoms with Crippen LogP contribution < -0.4 is 0 Å². The quantitative estimate of drug-likeness (QED) is 0.653. The van der Waals surface area contributed by atoms with Gasteiger partial charge in [0.1, 0.15) is 5.82 Å². The van der Waals surface area contributed by atoms with Crippen molar-refractivity contribution in [3.8, 4) is 5.69 Å². The third-order valence-corrected chi connectivity index (χ3v) is 6.10. The summed E-state index contributed by atoms with van der Waals surface area (Å²) in [6, 6.07) is 13.1. The van der Waals surface area contributed by atoms with Gasteiger partial charge in [0.05, 0.1) is 10.6 Å². The Bertz CT molecular complexity index is 1030. The van der Waals surface area contributed by atoms with Crippen LogP contribution >= 0.6 is 11.8 Å². The molecule has 0 radical (unpaired) electrons. The van der Waals surface area contributed by atoms with E-state index in [0.29, 0.717) is 15.9 Å². The van der Waals surface area contributed by atoms with Crippen LogP contribution in [0.1, 0.15) is 11.4 Å². The van der Waals surface area contributed by atoms with E-state index in [2.05, 4.69) is 10.2 Å². The van der Waals surface area contributed by atoms with Crippen LogP contribution in [0.2, 0.25) is 0 Å². The van der Waals surface area contributed by atoms with E-state index in [9.17, 15) is 17.2 Å². The second kappa shape index (κ2) is 7.16. The average Bonchev–Trinajstić information content (AvgIpc) is 2.96. The fraction of sp³-hybridized carbons (Fsp3) is 0.176. The van der Waals surface area contributed by atoms with Gasteiger partial charge in [0, 0.05) is 4.90 Å². The predicted molar refractivity (Wildman–Crippen MR) is 94.6 cm³/mol. The lowest BCUT2D eigenvalue weighted by Crippen LogP contribution is -2.11. The topological polar surface area (TPSA) is 64.8 Å². The zero-order chi connectivity index (χ0) is 18.9. The molecule has 0 fully saturated rings. The molecule has 0 N–H and O–H groups in total. The number of benzene rings is 2. The molecule has 1 heterocycles. The molecule has 0 bridgehead atoms. The van der Waals surface area contributed by atoms with E-state index in [1.165, 1.54) is 36.0 Å². The van der Waals surface area contributed by atoms with E-state index in [-0.39, 0.29) is 0 Å². The summed E-state index contributed by atoms with van der Waals surface area (Å²) in [7, 11) is -4.59. The second-order valence-corrected chi connectivity index (χ2v) is 8.49. The smallest absolute Gasteiger partial charge is 0.274 e. The van der Waals surface area contributed by atoms with E-state index in [1.807, 2.05) is 42.7 Å². The molecular formula is C17H15F2N3O2S2. The Balaban J connectivity index is 1.93. The highest BCUT2D eigenvalue weighted by Crippen LogP contribution is 2.31. The van der Waals surface area contributed by atoms with Gasteiger partial charge < -0.3 is 0 Å². The van der Waals surface area contributed by atoms with Gasteiger partial charge >= 0.3 is 5.76 Å². The number of halogens is 2. The average molecular weight is 395 g/mol. The monoisotopic (exact) mass is 395 g/mol. The van der Waals surface area contributed by atoms with Crippen molar-refractivity contribution in [3.05, 3.63) is 59.9 Å². The predicted octanol–water partition coefficient (Wildman–Crippen LogP) is 4.03. The van der Waals surface area contributed by atoms with Crippen LogP contribution in [0.25, 0.3) is 5.69 Å². The van der Waals surface area contributed by atoms with Crippen LogP contribution in [0.4, 0.5) is 8.78 Å². The Morgan fingerprint density at radius 3 is 2.27 bits per heavy atom. The summed E-state index contributed by atoms with van der Waals surface area (Å²) < 4.78 is 50.1. The molecule has 0 amide bonds. The van der Waals surface area contributed by atoms with Gasteiger partial charge in [0.15, 0.2) is 0 Å². The highest BCUT2D eigenvalue weighted by Gasteiger charge is 2.26. The van der Waals surface area contributed by atoms with Crippen LogP contribution in [0, 0.1) is 13.8 Å². The molecule has 0 saturated heterocycles. The third-order valence-electron chi connectivity index (χ3n) is 3.75. The maximum Gasteiger partial charge on any atom is 0.341 e. The summed E-state index contributed by atoms with van der Waals surface area (Å²) in [5.74, 6) is -2.73. The summed E-state index contributed by atoms with van der Waals surface area (Å²) in [4.78, 5) is 0.258. The summed E-state index contributed by atoms with van der Waals surface area (Å²) in [6.45, 7) is 3.81. The lowest BCUT2D eigenvalue weighted by Gasteiger charge is -2.11. The lowest BCUT2D eigenvalue weighted by atomic mass is 10.2. The first kappa shape index (κ1) is 18.5. The molecule has 0 aliphatic heterocycles. The Labute approximate surface area is 154 Å². The fourth-order valence-electron chi connectivity index (χ4n) is 2.41. The van der Waals surface area contributed by atoms with Gasteiger partial charge in [0.25, 0.3) is 0 Å². The van der Waals surface area contributed by atoms with Crippen molar-refractivity contribution >= 4 is 21.6 Å². The van der Waals surface area contributed by atoms with Crippen LogP contribution in [-0.2, 0) is 9.84 Å². The first-order chi connectivity index (χ1) is 12.3. The minimum Gasteiger partial charge on any atom is -0.274 e. The molecule has 26 heavy (non-hydrogen) atoms. The molecule has 5 nitrogen and oxygen atoms in total. The molecule has 0 spiro atoms. The zero-order valence-electron chi connectivity index (χ0n) is 13.9. The van der Waals surface area contributed by atoms with E-state index in [1.54, 1.807) is 0 Å². The third kappa shape index (κ3) is 3.49. The van der Waals surface area contributed by atoms with Crippen molar-refractivity contribution in [3.63, 3.8) is 0 Å². The standard InChI is InChI=1S/C17H15F2N3O2S2/c1-11-5-3-4-6-15(11)22-12(2)20-21-17(22)25-13-7-9-14(10-8-13)26(23,24)16(18)19/h3-10,16H,1-2H3. The molecular weight excluding hydrogens is 380 g/mol. The van der Waals surface area contributed by atoms with Gasteiger partial charge in [0.2, 0.25) is 15.0 Å². The molecule has 3 rings (SSSR count). The van der Waals surface area contributed by atoms with Gasteiger partial charge in [-0.2, -0.15) is 8.78 Å². The largest absolute Gasteiger partial charge is 0.341 e. The number of alkyl halides is 2. The Hall–Kier alpha value is -2.26. The van der Waals surface area contributed by atoms with Crippen molar-refractivity contribution in [2.24, 2.45) is 0 Å². The highest BCUT2D eigenvalue weighted by atomic mass is 32.2. The minimum absolute atomic E-state index is 0.409. The molecule has 1 aromatic heterocycles. The number of aryl methyl sites for hydroxylation is 2. The molecule has 9 heteroatoms. The van der Waals surface area contributed by atoms with Crippen LogP contribution in [-0.4, -0.2) is 28.9 Å². The molecule has 0 atom stereocenters. The SMILES string of the molecule is Cc1ccccc1-n1c(C)nnc1Sc1ccc(S(=O)(=O)C(F)F)cc1. The Morgan fingerprint density at radius 1 is 1.00 bits per heavy atom. The van der Waals surface area contributed by atoms with Gasteiger partial charge in [-0.3, -0.25) is 4.57 Å². The zero-order valence-corrected chi connectivity index (χ0v) is 15.6. The fourth-order valence-corrected chi connectivity index (χ4v) is 4.01. The molecule has 3 aromatic rings. The van der Waals surface area contributed by atoms with Crippen molar-refractivity contribution in [1.82, 2.24) is 14.8 Å². The maximum absolute atomic E-state index is 12.6. The maximum atomic E-state index is 12.6. The van der Waals surface area contributed by atoms with Crippen LogP contribution in [0.15, 0.2) is 63.5 Å². The lowest BCUT2D eigenvalue weighted by molar-refractivity contribution is 0.234. The van der Waals surface area contributed by atoms with Crippen LogP contribution in [0.3, 0.4) is 0 Å². The molecule has 0 aliphatic carbocycles. The first-order valence-corrected chi connectivity index (χ1v) is 9.95. The highest BCUT2D eigenvalue weighted by molar-refractivity contribution is 7.99. The van der Waals surface area contributed by atoms with E-state index >= 15 is 0 Å². The van der Waals surface area contributed by atoms with Crippen molar-refractivity contribution in [2.75, 3.05) is 0 Å². The Morgan fingerprint density at radius 2 is 1.65 bits per heavy atom. The number of para-hydroxylation sites is 1. The number of aromatic nitrogens is 3. The van der Waals surface area contributed by atoms with Gasteiger partial charge in [-0.15, -0.1) is 10.2 Å². The molecule has 2 aromatic carbocycles. The summed E-state index contributed by atoms with van der Waals surface area (Å²) in [5, 5.41) is 8.87. The second-order valence-electron chi connectivity index (χ2n) is 5.53. The van der Waals surface area contributed by atoms with Crippen molar-refractivity contribution in [2.45, 2.75) is 34.6 Å². The van der Waals surface area contributed by atoms with E-state index in [0.717, 1.165) is 11.3 Å². The number of rotatable bonds is 5. The molecule has 0 aliphatic rings. The van der Waals surface area contributed by atoms with Crippen molar-refractivity contribution < 1.29 is 17.2 Å². The van der Waals surface area contributed by atoms with Gasteiger partial charge in [-0.05, 0) is 61.5 Å². The number of sulfone groups is 1.